The molecule has 1 aromatic carbocycles. The van der Waals surface area contributed by atoms with Gasteiger partial charge in [-0.1, -0.05) is 31.2 Å². The number of benzene rings is 1. The minimum Gasteiger partial charge on any atom is -0.342 e. The number of halogens is 1. The third kappa shape index (κ3) is 2.23. The molecule has 0 aliphatic heterocycles. The van der Waals surface area contributed by atoms with Gasteiger partial charge in [-0.15, -0.1) is 0 Å². The molecule has 0 amide bonds. The van der Waals surface area contributed by atoms with Crippen LogP contribution in [-0.4, -0.2) is 4.57 Å². The first kappa shape index (κ1) is 14.1. The van der Waals surface area contributed by atoms with Gasteiger partial charge in [-0.3, -0.25) is 0 Å². The van der Waals surface area contributed by atoms with E-state index in [4.69, 9.17) is 0 Å². The van der Waals surface area contributed by atoms with Crippen molar-refractivity contribution in [3.63, 3.8) is 0 Å². The number of nitrogens with zero attached hydrogens (tertiary/aromatic N) is 1. The lowest BCUT2D eigenvalue weighted by atomic mass is 9.82. The highest BCUT2D eigenvalue weighted by molar-refractivity contribution is 5.86. The van der Waals surface area contributed by atoms with Crippen molar-refractivity contribution in [1.82, 2.24) is 4.57 Å². The van der Waals surface area contributed by atoms with Crippen LogP contribution in [0.4, 0.5) is 4.39 Å². The molecule has 0 fully saturated rings. The van der Waals surface area contributed by atoms with E-state index in [-0.39, 0.29) is 17.7 Å². The van der Waals surface area contributed by atoms with Crippen molar-refractivity contribution in [1.29, 1.82) is 0 Å². The van der Waals surface area contributed by atoms with Crippen LogP contribution in [0.2, 0.25) is 0 Å². The summed E-state index contributed by atoms with van der Waals surface area (Å²) >= 11 is 0. The molecule has 1 heterocycles. The molecule has 2 aromatic rings. The van der Waals surface area contributed by atoms with E-state index in [1.54, 1.807) is 12.2 Å². The predicted octanol–water partition coefficient (Wildman–Crippen LogP) is 5.67. The minimum absolute atomic E-state index is 0.121. The topological polar surface area (TPSA) is 4.93 Å². The zero-order valence-corrected chi connectivity index (χ0v) is 13.1. The molecule has 1 aliphatic rings. The summed E-state index contributed by atoms with van der Waals surface area (Å²) in [6.45, 7) is 8.70. The molecule has 0 spiro atoms. The van der Waals surface area contributed by atoms with Gasteiger partial charge in [0.25, 0.3) is 0 Å². The standard InChI is InChI=1S/C19H22FN/c1-12(2)21-14(4)19(17-7-5-6-8-18(17)21)16-10-9-15(20)11-13(16)3/h5-13,16H,1-4H3. The van der Waals surface area contributed by atoms with Gasteiger partial charge in [-0.05, 0) is 50.5 Å². The van der Waals surface area contributed by atoms with Crippen LogP contribution in [0.1, 0.15) is 44.0 Å². The zero-order valence-electron chi connectivity index (χ0n) is 13.1. The molecule has 0 saturated heterocycles. The molecule has 0 saturated carbocycles. The van der Waals surface area contributed by atoms with E-state index < -0.39 is 0 Å². The molecular weight excluding hydrogens is 261 g/mol. The molecule has 3 rings (SSSR count). The molecule has 0 N–H and O–H groups in total. The Balaban J connectivity index is 2.24. The Morgan fingerprint density at radius 3 is 2.57 bits per heavy atom. The van der Waals surface area contributed by atoms with E-state index in [1.807, 2.05) is 6.08 Å². The number of rotatable bonds is 2. The fourth-order valence-electron chi connectivity index (χ4n) is 3.64. The summed E-state index contributed by atoms with van der Waals surface area (Å²) in [5, 5.41) is 1.29. The summed E-state index contributed by atoms with van der Waals surface area (Å²) < 4.78 is 15.8. The molecule has 2 heteroatoms. The van der Waals surface area contributed by atoms with Gasteiger partial charge in [0.05, 0.1) is 0 Å². The van der Waals surface area contributed by atoms with Gasteiger partial charge in [-0.25, -0.2) is 4.39 Å². The smallest absolute Gasteiger partial charge is 0.119 e. The molecule has 2 unspecified atom stereocenters. The first-order valence-corrected chi connectivity index (χ1v) is 7.65. The summed E-state index contributed by atoms with van der Waals surface area (Å²) in [7, 11) is 0. The van der Waals surface area contributed by atoms with E-state index in [9.17, 15) is 4.39 Å². The second kappa shape index (κ2) is 5.18. The summed E-state index contributed by atoms with van der Waals surface area (Å²) in [5.41, 5.74) is 3.91. The molecule has 110 valence electrons. The number of hydrogen-bond donors (Lipinski definition) is 0. The van der Waals surface area contributed by atoms with Crippen molar-refractivity contribution in [3.8, 4) is 0 Å². The lowest BCUT2D eigenvalue weighted by Gasteiger charge is -2.22. The molecule has 0 radical (unpaired) electrons. The molecule has 2 atom stereocenters. The van der Waals surface area contributed by atoms with Crippen molar-refractivity contribution in [2.45, 2.75) is 39.7 Å². The second-order valence-corrected chi connectivity index (χ2v) is 6.28. The summed E-state index contributed by atoms with van der Waals surface area (Å²) in [6, 6.07) is 8.96. The SMILES string of the molecule is Cc1c(C2C=CC(F)=CC2C)c2ccccc2n1C(C)C. The van der Waals surface area contributed by atoms with Gasteiger partial charge in [0, 0.05) is 28.6 Å². The fourth-order valence-corrected chi connectivity index (χ4v) is 3.64. The van der Waals surface area contributed by atoms with Crippen LogP contribution in [0.5, 0.6) is 0 Å². The Kier molecular flexibility index (Phi) is 3.48. The van der Waals surface area contributed by atoms with Gasteiger partial charge in [-0.2, -0.15) is 0 Å². The van der Waals surface area contributed by atoms with E-state index in [0.29, 0.717) is 6.04 Å². The quantitative estimate of drug-likeness (QED) is 0.669. The van der Waals surface area contributed by atoms with Crippen molar-refractivity contribution in [2.24, 2.45) is 5.92 Å². The van der Waals surface area contributed by atoms with Crippen molar-refractivity contribution in [2.75, 3.05) is 0 Å². The summed E-state index contributed by atoms with van der Waals surface area (Å²) in [6.07, 6.45) is 5.34. The number of hydrogen-bond acceptors (Lipinski definition) is 0. The lowest BCUT2D eigenvalue weighted by molar-refractivity contribution is 0.565. The van der Waals surface area contributed by atoms with Crippen LogP contribution < -0.4 is 0 Å². The van der Waals surface area contributed by atoms with Crippen molar-refractivity contribution < 1.29 is 4.39 Å². The number of allylic oxidation sites excluding steroid dienone is 4. The van der Waals surface area contributed by atoms with Gasteiger partial charge in [0.2, 0.25) is 0 Å². The summed E-state index contributed by atoms with van der Waals surface area (Å²) in [5.74, 6) is 0.304. The maximum atomic E-state index is 13.4. The highest BCUT2D eigenvalue weighted by Gasteiger charge is 2.26. The Morgan fingerprint density at radius 2 is 1.90 bits per heavy atom. The maximum absolute atomic E-state index is 13.4. The predicted molar refractivity (Wildman–Crippen MR) is 87.3 cm³/mol. The Bertz CT molecular complexity index is 733. The number of para-hydroxylation sites is 1. The fraction of sp³-hybridized carbons (Fsp3) is 0.368. The average Bonchev–Trinajstić information content (AvgIpc) is 2.71. The van der Waals surface area contributed by atoms with Crippen LogP contribution in [0.15, 0.2) is 48.3 Å². The first-order chi connectivity index (χ1) is 10.0. The van der Waals surface area contributed by atoms with E-state index in [1.165, 1.54) is 22.2 Å². The van der Waals surface area contributed by atoms with Crippen LogP contribution in [0, 0.1) is 12.8 Å². The van der Waals surface area contributed by atoms with Crippen LogP contribution >= 0.6 is 0 Å². The highest BCUT2D eigenvalue weighted by atomic mass is 19.1. The van der Waals surface area contributed by atoms with E-state index in [0.717, 1.165) is 0 Å². The van der Waals surface area contributed by atoms with Gasteiger partial charge in [0.1, 0.15) is 5.83 Å². The van der Waals surface area contributed by atoms with Gasteiger partial charge in [0.15, 0.2) is 0 Å². The van der Waals surface area contributed by atoms with Gasteiger partial charge < -0.3 is 4.57 Å². The number of fused-ring (bicyclic) bond motifs is 1. The molecule has 0 bridgehead atoms. The minimum atomic E-state index is -0.121. The zero-order chi connectivity index (χ0) is 15.1. The molecular formula is C19H22FN. The van der Waals surface area contributed by atoms with Crippen LogP contribution in [0.25, 0.3) is 10.9 Å². The van der Waals surface area contributed by atoms with E-state index >= 15 is 0 Å². The largest absolute Gasteiger partial charge is 0.342 e. The Labute approximate surface area is 125 Å². The summed E-state index contributed by atoms with van der Waals surface area (Å²) in [4.78, 5) is 0. The maximum Gasteiger partial charge on any atom is 0.119 e. The second-order valence-electron chi connectivity index (χ2n) is 6.28. The molecule has 21 heavy (non-hydrogen) atoms. The monoisotopic (exact) mass is 283 g/mol. The van der Waals surface area contributed by atoms with Crippen LogP contribution in [0.3, 0.4) is 0 Å². The lowest BCUT2D eigenvalue weighted by Crippen LogP contribution is -2.11. The van der Waals surface area contributed by atoms with Crippen LogP contribution in [-0.2, 0) is 0 Å². The highest BCUT2D eigenvalue weighted by Crippen LogP contribution is 2.40. The van der Waals surface area contributed by atoms with Crippen molar-refractivity contribution in [3.05, 3.63) is 59.6 Å². The van der Waals surface area contributed by atoms with E-state index in [2.05, 4.69) is 56.5 Å². The van der Waals surface area contributed by atoms with Gasteiger partial charge >= 0.3 is 0 Å². The third-order valence-electron chi connectivity index (χ3n) is 4.51. The normalized spacial score (nSPS) is 22.1. The molecule has 1 aromatic heterocycles. The Morgan fingerprint density at radius 1 is 1.19 bits per heavy atom. The first-order valence-electron chi connectivity index (χ1n) is 7.65. The molecule has 1 aliphatic carbocycles. The average molecular weight is 283 g/mol. The Hall–Kier alpha value is -1.83. The molecule has 1 nitrogen and oxygen atoms in total. The third-order valence-corrected chi connectivity index (χ3v) is 4.51. The number of aromatic nitrogens is 1. The van der Waals surface area contributed by atoms with Crippen molar-refractivity contribution >= 4 is 10.9 Å².